The van der Waals surface area contributed by atoms with Crippen molar-refractivity contribution in [3.63, 3.8) is 0 Å². The van der Waals surface area contributed by atoms with Crippen LogP contribution in [0.5, 0.6) is 0 Å². The van der Waals surface area contributed by atoms with Gasteiger partial charge in [0.25, 0.3) is 0 Å². The van der Waals surface area contributed by atoms with Gasteiger partial charge in [0.2, 0.25) is 0 Å². The zero-order chi connectivity index (χ0) is 23.7. The SMILES string of the molecule is C[C@@]1(O)CC[C@H]2[C@H](CC[C@@H]3[C@@H]2CC[C@]2(C)[C@@H](C(=O)Cn4nnn(-c5cocn5)c4=O)CC[C@@H]32)C1. The molecule has 0 aliphatic heterocycles. The van der Waals surface area contributed by atoms with Crippen LogP contribution in [0.25, 0.3) is 5.82 Å². The number of aliphatic hydroxyl groups is 1. The summed E-state index contributed by atoms with van der Waals surface area (Å²) in [5, 5.41) is 18.4. The second-order valence-corrected chi connectivity index (χ2v) is 12.0. The van der Waals surface area contributed by atoms with E-state index in [1.807, 2.05) is 6.92 Å². The van der Waals surface area contributed by atoms with Crippen molar-refractivity contribution in [2.45, 2.75) is 83.8 Å². The fourth-order valence-corrected chi connectivity index (χ4v) is 8.70. The van der Waals surface area contributed by atoms with Gasteiger partial charge in [-0.2, -0.15) is 9.67 Å². The molecule has 4 saturated carbocycles. The third-order valence-electron chi connectivity index (χ3n) is 10.2. The van der Waals surface area contributed by atoms with Crippen molar-refractivity contribution < 1.29 is 14.3 Å². The highest BCUT2D eigenvalue weighted by Crippen LogP contribution is 2.64. The molecule has 4 aliphatic rings. The molecule has 6 rings (SSSR count). The van der Waals surface area contributed by atoms with Crippen molar-refractivity contribution >= 4 is 5.78 Å². The monoisotopic (exact) mass is 469 g/mol. The maximum absolute atomic E-state index is 13.5. The fourth-order valence-electron chi connectivity index (χ4n) is 8.70. The number of tetrazole rings is 1. The fraction of sp³-hybridized carbons (Fsp3) is 0.800. The summed E-state index contributed by atoms with van der Waals surface area (Å²) >= 11 is 0. The third kappa shape index (κ3) is 3.41. The van der Waals surface area contributed by atoms with Crippen molar-refractivity contribution in [1.82, 2.24) is 24.8 Å². The van der Waals surface area contributed by atoms with Crippen molar-refractivity contribution in [3.8, 4) is 5.82 Å². The van der Waals surface area contributed by atoms with E-state index in [1.165, 1.54) is 31.9 Å². The Balaban J connectivity index is 1.18. The number of hydrogen-bond acceptors (Lipinski definition) is 7. The number of aromatic nitrogens is 5. The molecule has 0 unspecified atom stereocenters. The average molecular weight is 470 g/mol. The van der Waals surface area contributed by atoms with E-state index in [2.05, 4.69) is 22.3 Å². The Kier molecular flexibility index (Phi) is 5.13. The summed E-state index contributed by atoms with van der Waals surface area (Å²) in [6.07, 6.45) is 12.3. The Bertz CT molecular complexity index is 1120. The lowest BCUT2D eigenvalue weighted by Crippen LogP contribution is -2.51. The van der Waals surface area contributed by atoms with Gasteiger partial charge in [0, 0.05) is 5.92 Å². The van der Waals surface area contributed by atoms with Crippen LogP contribution in [0.4, 0.5) is 0 Å². The van der Waals surface area contributed by atoms with E-state index < -0.39 is 11.3 Å². The van der Waals surface area contributed by atoms with E-state index in [0.717, 1.165) is 59.7 Å². The van der Waals surface area contributed by atoms with Crippen LogP contribution in [0.3, 0.4) is 0 Å². The summed E-state index contributed by atoms with van der Waals surface area (Å²) in [6.45, 7) is 4.30. The van der Waals surface area contributed by atoms with Gasteiger partial charge in [0.05, 0.1) is 5.60 Å². The molecule has 2 heterocycles. The third-order valence-corrected chi connectivity index (χ3v) is 10.2. The number of nitrogens with zero attached hydrogens (tertiary/aromatic N) is 5. The van der Waals surface area contributed by atoms with E-state index >= 15 is 0 Å². The predicted octanol–water partition coefficient (Wildman–Crippen LogP) is 3.01. The Hall–Kier alpha value is -2.29. The van der Waals surface area contributed by atoms with Crippen LogP contribution in [0.1, 0.15) is 71.6 Å². The first-order valence-corrected chi connectivity index (χ1v) is 12.9. The lowest BCUT2D eigenvalue weighted by molar-refractivity contribution is -0.133. The zero-order valence-electron chi connectivity index (χ0n) is 20.1. The number of hydrogen-bond donors (Lipinski definition) is 1. The summed E-state index contributed by atoms with van der Waals surface area (Å²) in [7, 11) is 0. The van der Waals surface area contributed by atoms with Crippen molar-refractivity contribution in [2.75, 3.05) is 0 Å². The van der Waals surface area contributed by atoms with E-state index in [9.17, 15) is 14.7 Å². The first-order valence-electron chi connectivity index (χ1n) is 12.9. The summed E-state index contributed by atoms with van der Waals surface area (Å²) < 4.78 is 7.14. The lowest BCUT2D eigenvalue weighted by Gasteiger charge is -2.56. The van der Waals surface area contributed by atoms with Crippen molar-refractivity contribution in [1.29, 1.82) is 0 Å². The van der Waals surface area contributed by atoms with E-state index in [0.29, 0.717) is 17.8 Å². The van der Waals surface area contributed by atoms with Gasteiger partial charge in [-0.25, -0.2) is 4.79 Å². The largest absolute Gasteiger partial charge is 0.449 e. The second-order valence-electron chi connectivity index (χ2n) is 12.0. The lowest BCUT2D eigenvalue weighted by atomic mass is 9.49. The molecule has 184 valence electrons. The van der Waals surface area contributed by atoms with Crippen LogP contribution in [0, 0.1) is 40.9 Å². The van der Waals surface area contributed by atoms with Crippen LogP contribution in [-0.2, 0) is 11.3 Å². The molecule has 0 saturated heterocycles. The van der Waals surface area contributed by atoms with Crippen LogP contribution in [-0.4, -0.2) is 41.3 Å². The first-order chi connectivity index (χ1) is 16.3. The van der Waals surface area contributed by atoms with Crippen LogP contribution >= 0.6 is 0 Å². The molecule has 34 heavy (non-hydrogen) atoms. The van der Waals surface area contributed by atoms with Gasteiger partial charge in [-0.1, -0.05) is 6.92 Å². The molecule has 9 heteroatoms. The standard InChI is InChI=1S/C25H35N5O4/c1-24(33)9-7-16-15(11-24)3-4-18-17(16)8-10-25(2)19(18)5-6-20(25)21(31)12-29-23(32)30(28-27-29)22-13-34-14-26-22/h13-20,33H,3-12H2,1-2H3/t15-,16+,17-,18-,19+,20-,24-,25+/m1/s1. The van der Waals surface area contributed by atoms with Gasteiger partial charge >= 0.3 is 5.69 Å². The molecule has 2 aromatic rings. The molecule has 0 radical (unpaired) electrons. The molecular weight excluding hydrogens is 434 g/mol. The number of carbonyl (C=O) groups is 1. The zero-order valence-corrected chi connectivity index (χ0v) is 20.1. The normalized spacial score (nSPS) is 41.5. The molecular formula is C25H35N5O4. The first kappa shape index (κ1) is 22.2. The maximum Gasteiger partial charge on any atom is 0.370 e. The minimum atomic E-state index is -0.490. The average Bonchev–Trinajstić information content (AvgIpc) is 3.52. The van der Waals surface area contributed by atoms with Gasteiger partial charge in [0.1, 0.15) is 12.8 Å². The minimum Gasteiger partial charge on any atom is -0.449 e. The number of Topliss-reactive ketones (excluding diaryl/α,β-unsaturated/α-hetero) is 1. The predicted molar refractivity (Wildman–Crippen MR) is 122 cm³/mol. The molecule has 2 aromatic heterocycles. The number of oxazole rings is 1. The number of fused-ring (bicyclic) bond motifs is 5. The molecule has 4 aliphatic carbocycles. The molecule has 4 fully saturated rings. The Morgan fingerprint density at radius 3 is 2.71 bits per heavy atom. The number of carbonyl (C=O) groups excluding carboxylic acids is 1. The molecule has 0 amide bonds. The van der Waals surface area contributed by atoms with Crippen molar-refractivity contribution in [3.05, 3.63) is 23.1 Å². The molecule has 8 atom stereocenters. The highest BCUT2D eigenvalue weighted by Gasteiger charge is 2.58. The molecule has 0 spiro atoms. The van der Waals surface area contributed by atoms with Crippen LogP contribution in [0.15, 0.2) is 21.9 Å². The van der Waals surface area contributed by atoms with Gasteiger partial charge in [-0.3, -0.25) is 4.79 Å². The van der Waals surface area contributed by atoms with Gasteiger partial charge in [-0.05, 0) is 110 Å². The quantitative estimate of drug-likeness (QED) is 0.732. The van der Waals surface area contributed by atoms with Gasteiger partial charge in [-0.15, -0.1) is 4.68 Å². The van der Waals surface area contributed by atoms with E-state index in [4.69, 9.17) is 4.42 Å². The van der Waals surface area contributed by atoms with E-state index in [-0.39, 0.29) is 29.5 Å². The molecule has 0 aromatic carbocycles. The smallest absolute Gasteiger partial charge is 0.370 e. The topological polar surface area (TPSA) is 116 Å². The molecule has 0 bridgehead atoms. The Morgan fingerprint density at radius 1 is 1.09 bits per heavy atom. The van der Waals surface area contributed by atoms with Gasteiger partial charge < -0.3 is 9.52 Å². The highest BCUT2D eigenvalue weighted by molar-refractivity contribution is 5.82. The van der Waals surface area contributed by atoms with Crippen molar-refractivity contribution in [2.24, 2.45) is 40.9 Å². The Labute approximate surface area is 198 Å². The van der Waals surface area contributed by atoms with Gasteiger partial charge in [0.15, 0.2) is 18.0 Å². The highest BCUT2D eigenvalue weighted by atomic mass is 16.3. The van der Waals surface area contributed by atoms with E-state index in [1.54, 1.807) is 0 Å². The summed E-state index contributed by atoms with van der Waals surface area (Å²) in [5.41, 5.74) is -0.968. The van der Waals surface area contributed by atoms with Crippen LogP contribution < -0.4 is 5.69 Å². The molecule has 1 N–H and O–H groups in total. The summed E-state index contributed by atoms with van der Waals surface area (Å²) in [5.74, 6) is 3.73. The van der Waals surface area contributed by atoms with Crippen LogP contribution in [0.2, 0.25) is 0 Å². The summed E-state index contributed by atoms with van der Waals surface area (Å²) in [6, 6.07) is 0. The number of ketones is 1. The maximum atomic E-state index is 13.5. The Morgan fingerprint density at radius 2 is 1.91 bits per heavy atom. The minimum absolute atomic E-state index is 0.00301. The number of rotatable bonds is 4. The second kappa shape index (κ2) is 7.86. The molecule has 9 nitrogen and oxygen atoms in total. The summed E-state index contributed by atoms with van der Waals surface area (Å²) in [4.78, 5) is 30.1.